The molecule has 3 rings (SSSR count). The smallest absolute Gasteiger partial charge is 0.325 e. The van der Waals surface area contributed by atoms with Gasteiger partial charge in [-0.1, -0.05) is 31.2 Å². The molecular formula is C22H25FN4O3. The van der Waals surface area contributed by atoms with Crippen LogP contribution in [-0.4, -0.2) is 43.4 Å². The molecule has 158 valence electrons. The Bertz CT molecular complexity index is 944. The van der Waals surface area contributed by atoms with Gasteiger partial charge < -0.3 is 15.5 Å². The van der Waals surface area contributed by atoms with Crippen molar-refractivity contribution in [2.24, 2.45) is 0 Å². The van der Waals surface area contributed by atoms with E-state index in [-0.39, 0.29) is 19.5 Å². The van der Waals surface area contributed by atoms with Crippen LogP contribution in [0.4, 0.5) is 14.9 Å². The molecule has 0 bridgehead atoms. The Kier molecular flexibility index (Phi) is 6.05. The maximum absolute atomic E-state index is 13.3. The standard InChI is InChI=1S/C22H25FN4O3/c1-4-22(16-7-9-17(23)10-8-16)20(29)27(21(30)25-22)14-19(28)24-13-15-5-11-18(12-6-15)26(2)3/h5-12H,4,13-14H2,1-3H3,(H,24,28)(H,25,30)/t22-/m1/s1. The minimum Gasteiger partial charge on any atom is -0.378 e. The zero-order valence-electron chi connectivity index (χ0n) is 17.2. The van der Waals surface area contributed by atoms with Crippen LogP contribution in [-0.2, 0) is 21.7 Å². The number of imide groups is 1. The van der Waals surface area contributed by atoms with Crippen LogP contribution in [0, 0.1) is 5.82 Å². The molecular weight excluding hydrogens is 387 g/mol. The number of nitrogens with zero attached hydrogens (tertiary/aromatic N) is 2. The van der Waals surface area contributed by atoms with Crippen molar-refractivity contribution in [3.8, 4) is 0 Å². The topological polar surface area (TPSA) is 81.8 Å². The summed E-state index contributed by atoms with van der Waals surface area (Å²) in [5, 5.41) is 5.41. The average Bonchev–Trinajstić information content (AvgIpc) is 2.98. The fourth-order valence-electron chi connectivity index (χ4n) is 3.46. The summed E-state index contributed by atoms with van der Waals surface area (Å²) in [6.07, 6.45) is 0.277. The molecule has 30 heavy (non-hydrogen) atoms. The second-order valence-electron chi connectivity index (χ2n) is 7.42. The number of benzene rings is 2. The highest BCUT2D eigenvalue weighted by Gasteiger charge is 2.51. The zero-order valence-corrected chi connectivity index (χ0v) is 17.2. The molecule has 1 aliphatic rings. The molecule has 8 heteroatoms. The van der Waals surface area contributed by atoms with Crippen molar-refractivity contribution < 1.29 is 18.8 Å². The fourth-order valence-corrected chi connectivity index (χ4v) is 3.46. The molecule has 2 aromatic carbocycles. The lowest BCUT2D eigenvalue weighted by molar-refractivity contribution is -0.135. The molecule has 0 saturated carbocycles. The molecule has 1 atom stereocenters. The highest BCUT2D eigenvalue weighted by Crippen LogP contribution is 2.32. The lowest BCUT2D eigenvalue weighted by Gasteiger charge is -2.25. The molecule has 0 aliphatic carbocycles. The summed E-state index contributed by atoms with van der Waals surface area (Å²) in [7, 11) is 3.88. The quantitative estimate of drug-likeness (QED) is 0.684. The summed E-state index contributed by atoms with van der Waals surface area (Å²) in [4.78, 5) is 40.7. The van der Waals surface area contributed by atoms with Crippen molar-refractivity contribution in [1.29, 1.82) is 0 Å². The SMILES string of the molecule is CC[C@]1(c2ccc(F)cc2)NC(=O)N(CC(=O)NCc2ccc(N(C)C)cc2)C1=O. The molecule has 4 amide bonds. The van der Waals surface area contributed by atoms with Gasteiger partial charge in [-0.25, -0.2) is 9.18 Å². The van der Waals surface area contributed by atoms with Crippen molar-refractivity contribution in [3.05, 3.63) is 65.5 Å². The van der Waals surface area contributed by atoms with Crippen LogP contribution in [0.3, 0.4) is 0 Å². The van der Waals surface area contributed by atoms with Gasteiger partial charge in [-0.05, 0) is 41.8 Å². The number of rotatable bonds is 7. The highest BCUT2D eigenvalue weighted by atomic mass is 19.1. The third-order valence-corrected chi connectivity index (χ3v) is 5.29. The van der Waals surface area contributed by atoms with E-state index in [2.05, 4.69) is 10.6 Å². The van der Waals surface area contributed by atoms with Crippen molar-refractivity contribution in [2.75, 3.05) is 25.5 Å². The Balaban J connectivity index is 1.65. The van der Waals surface area contributed by atoms with Crippen LogP contribution in [0.5, 0.6) is 0 Å². The molecule has 1 aliphatic heterocycles. The van der Waals surface area contributed by atoms with Crippen LogP contribution in [0.2, 0.25) is 0 Å². The van der Waals surface area contributed by atoms with Crippen molar-refractivity contribution in [3.63, 3.8) is 0 Å². The van der Waals surface area contributed by atoms with E-state index < -0.39 is 29.2 Å². The van der Waals surface area contributed by atoms with Crippen molar-refractivity contribution >= 4 is 23.5 Å². The second kappa shape index (κ2) is 8.52. The van der Waals surface area contributed by atoms with E-state index in [1.807, 2.05) is 43.3 Å². The second-order valence-corrected chi connectivity index (χ2v) is 7.42. The molecule has 0 aromatic heterocycles. The van der Waals surface area contributed by atoms with Crippen molar-refractivity contribution in [2.45, 2.75) is 25.4 Å². The summed E-state index contributed by atoms with van der Waals surface area (Å²) < 4.78 is 13.3. The Morgan fingerprint density at radius 2 is 1.73 bits per heavy atom. The number of hydrogen-bond donors (Lipinski definition) is 2. The minimum atomic E-state index is -1.30. The van der Waals surface area contributed by atoms with Gasteiger partial charge in [0.15, 0.2) is 0 Å². The molecule has 1 heterocycles. The third kappa shape index (κ3) is 4.12. The normalized spacial score (nSPS) is 18.3. The van der Waals surface area contributed by atoms with Crippen LogP contribution < -0.4 is 15.5 Å². The summed E-state index contributed by atoms with van der Waals surface area (Å²) in [6.45, 7) is 1.65. The van der Waals surface area contributed by atoms with Crippen LogP contribution in [0.25, 0.3) is 0 Å². The van der Waals surface area contributed by atoms with E-state index in [0.717, 1.165) is 16.2 Å². The van der Waals surface area contributed by atoms with E-state index in [4.69, 9.17) is 0 Å². The first-order valence-electron chi connectivity index (χ1n) is 9.70. The van der Waals surface area contributed by atoms with Gasteiger partial charge in [0.25, 0.3) is 5.91 Å². The Morgan fingerprint density at radius 1 is 1.10 bits per heavy atom. The number of carbonyl (C=O) groups excluding carboxylic acids is 3. The third-order valence-electron chi connectivity index (χ3n) is 5.29. The first-order valence-corrected chi connectivity index (χ1v) is 9.70. The molecule has 2 N–H and O–H groups in total. The Hall–Kier alpha value is -3.42. The lowest BCUT2D eigenvalue weighted by Crippen LogP contribution is -2.44. The van der Waals surface area contributed by atoms with Crippen LogP contribution in [0.1, 0.15) is 24.5 Å². The van der Waals surface area contributed by atoms with E-state index in [1.54, 1.807) is 6.92 Å². The number of anilines is 1. The number of urea groups is 1. The number of halogens is 1. The first-order chi connectivity index (χ1) is 14.3. The molecule has 7 nitrogen and oxygen atoms in total. The van der Waals surface area contributed by atoms with Crippen LogP contribution >= 0.6 is 0 Å². The van der Waals surface area contributed by atoms with E-state index >= 15 is 0 Å². The summed E-state index contributed by atoms with van der Waals surface area (Å²) in [5.74, 6) is -1.40. The first kappa shape index (κ1) is 21.3. The lowest BCUT2D eigenvalue weighted by atomic mass is 9.87. The predicted molar refractivity (Wildman–Crippen MR) is 111 cm³/mol. The van der Waals surface area contributed by atoms with Gasteiger partial charge in [0.05, 0.1) is 0 Å². The monoisotopic (exact) mass is 412 g/mol. The zero-order chi connectivity index (χ0) is 21.9. The largest absolute Gasteiger partial charge is 0.378 e. The minimum absolute atomic E-state index is 0.277. The van der Waals surface area contributed by atoms with Gasteiger partial charge >= 0.3 is 6.03 Å². The maximum atomic E-state index is 13.3. The molecule has 0 spiro atoms. The summed E-state index contributed by atoms with van der Waals surface area (Å²) >= 11 is 0. The number of carbonyl (C=O) groups is 3. The van der Waals surface area contributed by atoms with E-state index in [9.17, 15) is 18.8 Å². The Labute approximate surface area is 174 Å². The van der Waals surface area contributed by atoms with E-state index in [1.165, 1.54) is 24.3 Å². The predicted octanol–water partition coefficient (Wildman–Crippen LogP) is 2.37. The fraction of sp³-hybridized carbons (Fsp3) is 0.318. The molecule has 1 saturated heterocycles. The van der Waals surface area contributed by atoms with Gasteiger partial charge in [0.1, 0.15) is 17.9 Å². The van der Waals surface area contributed by atoms with E-state index in [0.29, 0.717) is 5.56 Å². The van der Waals surface area contributed by atoms with Gasteiger partial charge in [-0.2, -0.15) is 0 Å². The number of nitrogens with one attached hydrogen (secondary N) is 2. The van der Waals surface area contributed by atoms with Gasteiger partial charge in [0.2, 0.25) is 5.91 Å². The van der Waals surface area contributed by atoms with Gasteiger partial charge in [0, 0.05) is 26.3 Å². The maximum Gasteiger partial charge on any atom is 0.325 e. The number of hydrogen-bond acceptors (Lipinski definition) is 4. The van der Waals surface area contributed by atoms with Crippen molar-refractivity contribution in [1.82, 2.24) is 15.5 Å². The summed E-state index contributed by atoms with van der Waals surface area (Å²) in [6, 6.07) is 12.5. The Morgan fingerprint density at radius 3 is 2.30 bits per heavy atom. The molecule has 0 radical (unpaired) electrons. The van der Waals surface area contributed by atoms with Gasteiger partial charge in [-0.3, -0.25) is 14.5 Å². The molecule has 2 aromatic rings. The van der Waals surface area contributed by atoms with Crippen LogP contribution in [0.15, 0.2) is 48.5 Å². The molecule has 1 fully saturated rings. The summed E-state index contributed by atoms with van der Waals surface area (Å²) in [5.41, 5.74) is 1.13. The average molecular weight is 412 g/mol. The molecule has 0 unspecified atom stereocenters. The number of amides is 4. The highest BCUT2D eigenvalue weighted by molar-refractivity contribution is 6.09. The van der Waals surface area contributed by atoms with Gasteiger partial charge in [-0.15, -0.1) is 0 Å².